The third-order valence-corrected chi connectivity index (χ3v) is 7.13. The van der Waals surface area contributed by atoms with Crippen molar-refractivity contribution in [1.29, 1.82) is 0 Å². The summed E-state index contributed by atoms with van der Waals surface area (Å²) in [6.45, 7) is 8.71. The van der Waals surface area contributed by atoms with Gasteiger partial charge < -0.3 is 10.2 Å². The van der Waals surface area contributed by atoms with Crippen LogP contribution in [0.3, 0.4) is 0 Å². The molecule has 7 nitrogen and oxygen atoms in total. The van der Waals surface area contributed by atoms with Crippen molar-refractivity contribution in [3.63, 3.8) is 0 Å². The number of aryl methyl sites for hydroxylation is 1. The number of carbonyl (C=O) groups excluding carboxylic acids is 2. The molecule has 1 atom stereocenters. The van der Waals surface area contributed by atoms with Crippen molar-refractivity contribution in [2.75, 3.05) is 23.7 Å². The van der Waals surface area contributed by atoms with E-state index in [4.69, 9.17) is 0 Å². The summed E-state index contributed by atoms with van der Waals surface area (Å²) >= 11 is 0. The second-order valence-corrected chi connectivity index (χ2v) is 11.3. The number of hydrogen-bond acceptors (Lipinski definition) is 4. The maximum Gasteiger partial charge on any atom is 0.242 e. The molecule has 2 rings (SSSR count). The van der Waals surface area contributed by atoms with Gasteiger partial charge in [0.25, 0.3) is 0 Å². The van der Waals surface area contributed by atoms with E-state index in [1.165, 1.54) is 24.3 Å². The van der Waals surface area contributed by atoms with Gasteiger partial charge in [-0.05, 0) is 61.1 Å². The Morgan fingerprint density at radius 1 is 1.06 bits per heavy atom. The van der Waals surface area contributed by atoms with Crippen molar-refractivity contribution in [3.8, 4) is 0 Å². The van der Waals surface area contributed by atoms with Gasteiger partial charge in [0.05, 0.1) is 11.9 Å². The van der Waals surface area contributed by atoms with Gasteiger partial charge in [-0.15, -0.1) is 0 Å². The minimum Gasteiger partial charge on any atom is -0.354 e. The van der Waals surface area contributed by atoms with Crippen molar-refractivity contribution in [2.45, 2.75) is 59.5 Å². The summed E-state index contributed by atoms with van der Waals surface area (Å²) in [6, 6.07) is 12.3. The van der Waals surface area contributed by atoms with Crippen LogP contribution in [-0.4, -0.2) is 50.5 Å². The average molecular weight is 520 g/mol. The van der Waals surface area contributed by atoms with Gasteiger partial charge in [-0.2, -0.15) is 0 Å². The van der Waals surface area contributed by atoms with Crippen LogP contribution in [0, 0.1) is 18.7 Å². The highest BCUT2D eigenvalue weighted by Crippen LogP contribution is 2.20. The van der Waals surface area contributed by atoms with E-state index in [-0.39, 0.29) is 43.7 Å². The highest BCUT2D eigenvalue weighted by molar-refractivity contribution is 7.92. The Labute approximate surface area is 214 Å². The molecule has 36 heavy (non-hydrogen) atoms. The van der Waals surface area contributed by atoms with Gasteiger partial charge in [0.15, 0.2) is 0 Å². The maximum atomic E-state index is 13.4. The summed E-state index contributed by atoms with van der Waals surface area (Å²) in [5, 5.41) is 2.94. The lowest BCUT2D eigenvalue weighted by atomic mass is 10.0. The topological polar surface area (TPSA) is 86.8 Å². The third-order valence-electron chi connectivity index (χ3n) is 5.94. The van der Waals surface area contributed by atoms with Crippen molar-refractivity contribution < 1.29 is 22.4 Å². The summed E-state index contributed by atoms with van der Waals surface area (Å²) in [5.74, 6) is -0.606. The number of benzene rings is 2. The SMILES string of the molecule is CC[C@H](C(=O)NCC(C)C)N(Cc1ccccc1C)C(=O)CCCN(c1ccc(F)cc1)S(C)(=O)=O. The maximum absolute atomic E-state index is 13.4. The number of amides is 2. The molecule has 0 spiro atoms. The van der Waals surface area contributed by atoms with Gasteiger partial charge in [-0.3, -0.25) is 13.9 Å². The van der Waals surface area contributed by atoms with Crippen molar-refractivity contribution in [3.05, 3.63) is 65.5 Å². The van der Waals surface area contributed by atoms with E-state index in [1.54, 1.807) is 4.90 Å². The van der Waals surface area contributed by atoms with E-state index in [0.29, 0.717) is 18.7 Å². The summed E-state index contributed by atoms with van der Waals surface area (Å²) in [7, 11) is -3.63. The number of hydrogen-bond donors (Lipinski definition) is 1. The molecule has 2 aromatic carbocycles. The predicted octanol–water partition coefficient (Wildman–Crippen LogP) is 4.26. The van der Waals surface area contributed by atoms with Crippen LogP contribution in [0.4, 0.5) is 10.1 Å². The van der Waals surface area contributed by atoms with E-state index >= 15 is 0 Å². The monoisotopic (exact) mass is 519 g/mol. The first-order chi connectivity index (χ1) is 16.9. The predicted molar refractivity (Wildman–Crippen MR) is 141 cm³/mol. The normalized spacial score (nSPS) is 12.3. The zero-order valence-corrected chi connectivity index (χ0v) is 22.6. The first-order valence-electron chi connectivity index (χ1n) is 12.3. The molecule has 2 aromatic rings. The average Bonchev–Trinajstić information content (AvgIpc) is 2.81. The van der Waals surface area contributed by atoms with E-state index in [9.17, 15) is 22.4 Å². The first kappa shape index (κ1) is 29.3. The Hall–Kier alpha value is -2.94. The fourth-order valence-corrected chi connectivity index (χ4v) is 4.89. The molecule has 0 aromatic heterocycles. The molecule has 0 aliphatic carbocycles. The van der Waals surface area contributed by atoms with Crippen LogP contribution in [0.1, 0.15) is 51.2 Å². The summed E-state index contributed by atoms with van der Waals surface area (Å²) in [5.41, 5.74) is 2.31. The zero-order valence-electron chi connectivity index (χ0n) is 21.8. The molecule has 9 heteroatoms. The van der Waals surface area contributed by atoms with E-state index < -0.39 is 21.9 Å². The van der Waals surface area contributed by atoms with Gasteiger partial charge in [0, 0.05) is 26.1 Å². The van der Waals surface area contributed by atoms with Crippen LogP contribution in [-0.2, 0) is 26.2 Å². The van der Waals surface area contributed by atoms with Crippen LogP contribution < -0.4 is 9.62 Å². The molecular weight excluding hydrogens is 481 g/mol. The summed E-state index contributed by atoms with van der Waals surface area (Å²) < 4.78 is 39.2. The Balaban J connectivity index is 2.21. The zero-order chi connectivity index (χ0) is 26.9. The van der Waals surface area contributed by atoms with Crippen molar-refractivity contribution >= 4 is 27.5 Å². The number of rotatable bonds is 13. The fraction of sp³-hybridized carbons (Fsp3) is 0.481. The first-order valence-corrected chi connectivity index (χ1v) is 14.1. The molecule has 0 radical (unpaired) electrons. The molecule has 0 unspecified atom stereocenters. The number of sulfonamides is 1. The molecule has 0 saturated heterocycles. The molecule has 1 N–H and O–H groups in total. The van der Waals surface area contributed by atoms with Gasteiger partial charge in [0.1, 0.15) is 11.9 Å². The second-order valence-electron chi connectivity index (χ2n) is 9.43. The lowest BCUT2D eigenvalue weighted by molar-refractivity contribution is -0.141. The lowest BCUT2D eigenvalue weighted by Gasteiger charge is -2.31. The number of nitrogens with zero attached hydrogens (tertiary/aromatic N) is 2. The Morgan fingerprint density at radius 2 is 1.69 bits per heavy atom. The van der Waals surface area contributed by atoms with Crippen LogP contribution in [0.2, 0.25) is 0 Å². The van der Waals surface area contributed by atoms with Gasteiger partial charge >= 0.3 is 0 Å². The summed E-state index contributed by atoms with van der Waals surface area (Å²) in [4.78, 5) is 28.0. The number of anilines is 1. The second kappa shape index (κ2) is 13.4. The standard InChI is InChI=1S/C27H38FN3O4S/c1-6-25(27(33)29-18-20(2)3)30(19-22-11-8-7-10-21(22)4)26(32)12-9-17-31(36(5,34)35)24-15-13-23(28)14-16-24/h7-8,10-11,13-16,20,25H,6,9,12,17-19H2,1-5H3,(H,29,33)/t25-/m1/s1. The molecule has 0 heterocycles. The van der Waals surface area contributed by atoms with Crippen LogP contribution in [0.25, 0.3) is 0 Å². The fourth-order valence-electron chi connectivity index (χ4n) is 3.92. The van der Waals surface area contributed by atoms with Gasteiger partial charge in [0.2, 0.25) is 21.8 Å². The molecule has 2 amide bonds. The lowest BCUT2D eigenvalue weighted by Crippen LogP contribution is -2.49. The van der Waals surface area contributed by atoms with Crippen molar-refractivity contribution in [1.82, 2.24) is 10.2 Å². The summed E-state index contributed by atoms with van der Waals surface area (Å²) in [6.07, 6.45) is 1.84. The minimum absolute atomic E-state index is 0.0603. The minimum atomic E-state index is -3.63. The van der Waals surface area contributed by atoms with Crippen LogP contribution in [0.5, 0.6) is 0 Å². The molecular formula is C27H38FN3O4S. The van der Waals surface area contributed by atoms with E-state index in [1.807, 2.05) is 52.0 Å². The molecule has 0 bridgehead atoms. The third kappa shape index (κ3) is 8.62. The molecule has 0 saturated carbocycles. The highest BCUT2D eigenvalue weighted by atomic mass is 32.2. The molecule has 0 aliphatic rings. The Kier molecular flexibility index (Phi) is 10.9. The number of carbonyl (C=O) groups is 2. The number of halogens is 1. The molecule has 0 fully saturated rings. The van der Waals surface area contributed by atoms with Crippen LogP contribution in [0.15, 0.2) is 48.5 Å². The molecule has 198 valence electrons. The number of nitrogens with one attached hydrogen (secondary N) is 1. The quantitative estimate of drug-likeness (QED) is 0.428. The largest absolute Gasteiger partial charge is 0.354 e. The van der Waals surface area contributed by atoms with Crippen LogP contribution >= 0.6 is 0 Å². The van der Waals surface area contributed by atoms with E-state index in [2.05, 4.69) is 5.32 Å². The molecule has 0 aliphatic heterocycles. The Bertz CT molecular complexity index is 1120. The van der Waals surface area contributed by atoms with Gasteiger partial charge in [-0.1, -0.05) is 45.0 Å². The Morgan fingerprint density at radius 3 is 2.25 bits per heavy atom. The van der Waals surface area contributed by atoms with Crippen molar-refractivity contribution in [2.24, 2.45) is 5.92 Å². The van der Waals surface area contributed by atoms with E-state index in [0.717, 1.165) is 21.7 Å². The highest BCUT2D eigenvalue weighted by Gasteiger charge is 2.29. The smallest absolute Gasteiger partial charge is 0.242 e. The van der Waals surface area contributed by atoms with Gasteiger partial charge in [-0.25, -0.2) is 12.8 Å².